The van der Waals surface area contributed by atoms with Gasteiger partial charge in [0.2, 0.25) is 0 Å². The van der Waals surface area contributed by atoms with Gasteiger partial charge < -0.3 is 10.6 Å². The van der Waals surface area contributed by atoms with E-state index >= 15 is 0 Å². The first-order chi connectivity index (χ1) is 7.34. The Bertz CT molecular complexity index is 426. The molecule has 3 rings (SSSR count). The van der Waals surface area contributed by atoms with Gasteiger partial charge in [-0.1, -0.05) is 0 Å². The molecule has 2 aliphatic heterocycles. The molecule has 0 saturated carbocycles. The molecule has 0 radical (unpaired) electrons. The van der Waals surface area contributed by atoms with Crippen LogP contribution in [0.3, 0.4) is 0 Å². The zero-order chi connectivity index (χ0) is 10.3. The molecule has 0 fully saturated rings. The van der Waals surface area contributed by atoms with Crippen LogP contribution in [0, 0.1) is 11.7 Å². The van der Waals surface area contributed by atoms with Crippen LogP contribution in [-0.2, 0) is 0 Å². The van der Waals surface area contributed by atoms with E-state index in [0.717, 1.165) is 30.8 Å². The van der Waals surface area contributed by atoms with Crippen molar-refractivity contribution in [1.82, 2.24) is 5.32 Å². The van der Waals surface area contributed by atoms with Gasteiger partial charge in [0, 0.05) is 36.5 Å². The lowest BCUT2D eigenvalue weighted by molar-refractivity contribution is 0.577. The van der Waals surface area contributed by atoms with Crippen molar-refractivity contribution < 1.29 is 4.39 Å². The molecule has 2 heterocycles. The molecule has 0 aromatic heterocycles. The Morgan fingerprint density at radius 2 is 2.27 bits per heavy atom. The standard InChI is InChI=1S/C12H13FN2/c13-9-1-2-10-11-7-14-4-3-8(11)6-15-12(10)5-9/h1-2,5,7-8,14-15H,3-4,6H2. The molecule has 2 nitrogen and oxygen atoms in total. The molecule has 1 aromatic rings. The van der Waals surface area contributed by atoms with Crippen LogP contribution in [0.4, 0.5) is 10.1 Å². The van der Waals surface area contributed by atoms with Crippen molar-refractivity contribution in [3.05, 3.63) is 35.8 Å². The highest BCUT2D eigenvalue weighted by Crippen LogP contribution is 2.36. The lowest BCUT2D eigenvalue weighted by atomic mass is 9.85. The Morgan fingerprint density at radius 1 is 1.33 bits per heavy atom. The normalized spacial score (nSPS) is 23.0. The third-order valence-electron chi connectivity index (χ3n) is 3.17. The number of halogens is 1. The van der Waals surface area contributed by atoms with Crippen LogP contribution >= 0.6 is 0 Å². The molecule has 0 bridgehead atoms. The van der Waals surface area contributed by atoms with Gasteiger partial charge in [-0.25, -0.2) is 4.39 Å². The minimum atomic E-state index is -0.177. The molecule has 1 atom stereocenters. The predicted octanol–water partition coefficient (Wildman–Crippen LogP) is 2.20. The third-order valence-corrected chi connectivity index (χ3v) is 3.17. The number of nitrogens with one attached hydrogen (secondary N) is 2. The zero-order valence-corrected chi connectivity index (χ0v) is 8.39. The maximum atomic E-state index is 13.0. The van der Waals surface area contributed by atoms with Gasteiger partial charge in [-0.15, -0.1) is 0 Å². The van der Waals surface area contributed by atoms with Gasteiger partial charge in [-0.3, -0.25) is 0 Å². The molecule has 2 aliphatic rings. The Hall–Kier alpha value is -1.51. The second kappa shape index (κ2) is 3.26. The molecular formula is C12H13FN2. The monoisotopic (exact) mass is 204 g/mol. The number of benzene rings is 1. The van der Waals surface area contributed by atoms with E-state index in [2.05, 4.69) is 16.8 Å². The highest BCUT2D eigenvalue weighted by molar-refractivity contribution is 5.80. The molecule has 1 unspecified atom stereocenters. The van der Waals surface area contributed by atoms with Crippen LogP contribution in [-0.4, -0.2) is 13.1 Å². The summed E-state index contributed by atoms with van der Waals surface area (Å²) in [5, 5.41) is 6.55. The van der Waals surface area contributed by atoms with E-state index in [1.165, 1.54) is 11.6 Å². The number of fused-ring (bicyclic) bond motifs is 3. The first-order valence-electron chi connectivity index (χ1n) is 5.32. The van der Waals surface area contributed by atoms with E-state index in [1.807, 2.05) is 6.07 Å². The summed E-state index contributed by atoms with van der Waals surface area (Å²) in [7, 11) is 0. The summed E-state index contributed by atoms with van der Waals surface area (Å²) in [5.74, 6) is 0.397. The minimum Gasteiger partial charge on any atom is -0.391 e. The van der Waals surface area contributed by atoms with E-state index in [-0.39, 0.29) is 5.82 Å². The average Bonchev–Trinajstić information content (AvgIpc) is 2.28. The van der Waals surface area contributed by atoms with Crippen LogP contribution in [0.25, 0.3) is 5.57 Å². The van der Waals surface area contributed by atoms with Crippen molar-refractivity contribution in [3.8, 4) is 0 Å². The summed E-state index contributed by atoms with van der Waals surface area (Å²) in [6.45, 7) is 1.95. The van der Waals surface area contributed by atoms with Crippen LogP contribution < -0.4 is 10.6 Å². The van der Waals surface area contributed by atoms with E-state index in [4.69, 9.17) is 0 Å². The summed E-state index contributed by atoms with van der Waals surface area (Å²) < 4.78 is 13.0. The Kier molecular flexibility index (Phi) is 1.91. The third kappa shape index (κ3) is 1.39. The first kappa shape index (κ1) is 8.77. The summed E-state index contributed by atoms with van der Waals surface area (Å²) in [4.78, 5) is 0. The van der Waals surface area contributed by atoms with Crippen LogP contribution in [0.1, 0.15) is 12.0 Å². The SMILES string of the molecule is Fc1ccc2c(c1)NCC1CCNC=C21. The van der Waals surface area contributed by atoms with Gasteiger partial charge in [-0.05, 0) is 30.2 Å². The van der Waals surface area contributed by atoms with E-state index in [0.29, 0.717) is 5.92 Å². The Balaban J connectivity index is 2.10. The van der Waals surface area contributed by atoms with Gasteiger partial charge in [-0.2, -0.15) is 0 Å². The fourth-order valence-electron chi connectivity index (χ4n) is 2.37. The second-order valence-electron chi connectivity index (χ2n) is 4.11. The topological polar surface area (TPSA) is 24.1 Å². The number of hydrogen-bond donors (Lipinski definition) is 2. The summed E-state index contributed by atoms with van der Waals surface area (Å²) in [6, 6.07) is 4.96. The van der Waals surface area contributed by atoms with E-state index < -0.39 is 0 Å². The maximum Gasteiger partial charge on any atom is 0.125 e. The molecule has 78 valence electrons. The Morgan fingerprint density at radius 3 is 3.20 bits per heavy atom. The summed E-state index contributed by atoms with van der Waals surface area (Å²) in [6.07, 6.45) is 3.22. The molecule has 0 amide bonds. The summed E-state index contributed by atoms with van der Waals surface area (Å²) >= 11 is 0. The van der Waals surface area contributed by atoms with Crippen molar-refractivity contribution in [2.75, 3.05) is 18.4 Å². The number of hydrogen-bond acceptors (Lipinski definition) is 2. The van der Waals surface area contributed by atoms with Crippen LogP contribution in [0.5, 0.6) is 0 Å². The fourth-order valence-corrected chi connectivity index (χ4v) is 2.37. The molecule has 1 aromatic carbocycles. The first-order valence-corrected chi connectivity index (χ1v) is 5.32. The van der Waals surface area contributed by atoms with E-state index in [9.17, 15) is 4.39 Å². The highest BCUT2D eigenvalue weighted by Gasteiger charge is 2.25. The number of rotatable bonds is 0. The van der Waals surface area contributed by atoms with Crippen molar-refractivity contribution in [2.45, 2.75) is 6.42 Å². The van der Waals surface area contributed by atoms with Gasteiger partial charge in [0.05, 0.1) is 0 Å². The molecule has 15 heavy (non-hydrogen) atoms. The fraction of sp³-hybridized carbons (Fsp3) is 0.333. The summed E-state index contributed by atoms with van der Waals surface area (Å²) in [5.41, 5.74) is 3.37. The lowest BCUT2D eigenvalue weighted by Crippen LogP contribution is -2.29. The molecule has 0 aliphatic carbocycles. The molecule has 0 saturated heterocycles. The van der Waals surface area contributed by atoms with Crippen molar-refractivity contribution >= 4 is 11.3 Å². The lowest BCUT2D eigenvalue weighted by Gasteiger charge is -2.32. The van der Waals surface area contributed by atoms with Gasteiger partial charge >= 0.3 is 0 Å². The highest BCUT2D eigenvalue weighted by atomic mass is 19.1. The van der Waals surface area contributed by atoms with Crippen molar-refractivity contribution in [1.29, 1.82) is 0 Å². The maximum absolute atomic E-state index is 13.0. The largest absolute Gasteiger partial charge is 0.391 e. The molecule has 2 N–H and O–H groups in total. The van der Waals surface area contributed by atoms with Crippen LogP contribution in [0.15, 0.2) is 24.4 Å². The molecule has 0 spiro atoms. The Labute approximate surface area is 88.2 Å². The van der Waals surface area contributed by atoms with Gasteiger partial charge in [0.15, 0.2) is 0 Å². The van der Waals surface area contributed by atoms with Gasteiger partial charge in [0.25, 0.3) is 0 Å². The molecule has 3 heteroatoms. The average molecular weight is 204 g/mol. The van der Waals surface area contributed by atoms with Crippen molar-refractivity contribution in [3.63, 3.8) is 0 Å². The van der Waals surface area contributed by atoms with Crippen LogP contribution in [0.2, 0.25) is 0 Å². The number of anilines is 1. The van der Waals surface area contributed by atoms with Crippen molar-refractivity contribution in [2.24, 2.45) is 5.92 Å². The van der Waals surface area contributed by atoms with Gasteiger partial charge in [0.1, 0.15) is 5.82 Å². The minimum absolute atomic E-state index is 0.177. The second-order valence-corrected chi connectivity index (χ2v) is 4.11. The van der Waals surface area contributed by atoms with E-state index in [1.54, 1.807) is 6.07 Å². The smallest absolute Gasteiger partial charge is 0.125 e. The predicted molar refractivity (Wildman–Crippen MR) is 59.0 cm³/mol. The molecular weight excluding hydrogens is 191 g/mol. The quantitative estimate of drug-likeness (QED) is 0.677. The zero-order valence-electron chi connectivity index (χ0n) is 8.39.